The summed E-state index contributed by atoms with van der Waals surface area (Å²) in [5, 5.41) is 18.1. The molecule has 10 heteroatoms. The van der Waals surface area contributed by atoms with Gasteiger partial charge in [0.05, 0.1) is 4.92 Å². The summed E-state index contributed by atoms with van der Waals surface area (Å²) in [4.78, 5) is 34.6. The third-order valence-corrected chi connectivity index (χ3v) is 4.26. The van der Waals surface area contributed by atoms with Crippen molar-refractivity contribution in [3.8, 4) is 0 Å². The van der Waals surface area contributed by atoms with Gasteiger partial charge in [-0.25, -0.2) is 0 Å². The maximum absolute atomic E-state index is 12.1. The third kappa shape index (κ3) is 5.04. The molecule has 2 aromatic rings. The molecule has 0 saturated heterocycles. The lowest BCUT2D eigenvalue weighted by atomic mass is 10.2. The minimum absolute atomic E-state index is 0.145. The number of halogens is 1. The molecule has 0 fully saturated rings. The van der Waals surface area contributed by atoms with Crippen molar-refractivity contribution >= 4 is 29.2 Å². The van der Waals surface area contributed by atoms with Crippen molar-refractivity contribution in [1.29, 1.82) is 0 Å². The van der Waals surface area contributed by atoms with Gasteiger partial charge in [0.15, 0.2) is 6.10 Å². The molecule has 1 heterocycles. The first-order valence-electron chi connectivity index (χ1n) is 8.09. The van der Waals surface area contributed by atoms with E-state index in [1.54, 1.807) is 24.3 Å². The first-order valence-corrected chi connectivity index (χ1v) is 8.47. The van der Waals surface area contributed by atoms with Crippen LogP contribution >= 0.6 is 11.6 Å². The Labute approximate surface area is 160 Å². The SMILES string of the molecule is Cc1nn(CC(=O)O[C@H](C)C(=O)NCc2ccccc2Cl)c(C)c1[N+](=O)[O-]. The molecule has 0 aliphatic carbocycles. The van der Waals surface area contributed by atoms with Gasteiger partial charge in [0.25, 0.3) is 5.91 Å². The molecule has 0 aliphatic heterocycles. The number of rotatable bonds is 7. The standard InChI is InChI=1S/C17H19ClN4O5/c1-10-16(22(25)26)11(2)21(20-10)9-15(23)27-12(3)17(24)19-8-13-6-4-5-7-14(13)18/h4-7,12H,8-9H2,1-3H3,(H,19,24)/t12-/m1/s1. The highest BCUT2D eigenvalue weighted by Gasteiger charge is 2.24. The smallest absolute Gasteiger partial charge is 0.328 e. The van der Waals surface area contributed by atoms with Crippen LogP contribution in [0.4, 0.5) is 5.69 Å². The number of benzene rings is 1. The van der Waals surface area contributed by atoms with Gasteiger partial charge >= 0.3 is 11.7 Å². The lowest BCUT2D eigenvalue weighted by Crippen LogP contribution is -2.36. The molecule has 0 radical (unpaired) electrons. The number of aryl methyl sites for hydroxylation is 1. The van der Waals surface area contributed by atoms with Gasteiger partial charge in [0.1, 0.15) is 17.9 Å². The van der Waals surface area contributed by atoms with E-state index < -0.39 is 22.9 Å². The summed E-state index contributed by atoms with van der Waals surface area (Å²) in [6, 6.07) is 7.06. The second kappa shape index (κ2) is 8.63. The van der Waals surface area contributed by atoms with Crippen LogP contribution in [-0.4, -0.2) is 32.7 Å². The van der Waals surface area contributed by atoms with Gasteiger partial charge in [0, 0.05) is 11.6 Å². The number of nitrogens with one attached hydrogen (secondary N) is 1. The zero-order chi connectivity index (χ0) is 20.1. The van der Waals surface area contributed by atoms with Crippen LogP contribution in [0.3, 0.4) is 0 Å². The van der Waals surface area contributed by atoms with Crippen molar-refractivity contribution in [2.45, 2.75) is 40.0 Å². The number of carbonyl (C=O) groups is 2. The fourth-order valence-electron chi connectivity index (χ4n) is 2.48. The average molecular weight is 395 g/mol. The molecule has 0 saturated carbocycles. The average Bonchev–Trinajstić information content (AvgIpc) is 2.87. The molecule has 1 aromatic carbocycles. The minimum atomic E-state index is -1.04. The molecular weight excluding hydrogens is 376 g/mol. The molecule has 1 amide bonds. The van der Waals surface area contributed by atoms with E-state index in [1.807, 2.05) is 0 Å². The Balaban J connectivity index is 1.91. The van der Waals surface area contributed by atoms with E-state index in [4.69, 9.17) is 16.3 Å². The van der Waals surface area contributed by atoms with Crippen LogP contribution < -0.4 is 5.32 Å². The van der Waals surface area contributed by atoms with Gasteiger partial charge < -0.3 is 10.1 Å². The summed E-state index contributed by atoms with van der Waals surface area (Å²) in [7, 11) is 0. The third-order valence-electron chi connectivity index (χ3n) is 3.89. The maximum atomic E-state index is 12.1. The molecule has 1 aromatic heterocycles. The van der Waals surface area contributed by atoms with Crippen LogP contribution in [0.15, 0.2) is 24.3 Å². The number of nitro groups is 1. The highest BCUT2D eigenvalue weighted by molar-refractivity contribution is 6.31. The van der Waals surface area contributed by atoms with Crippen molar-refractivity contribution in [3.63, 3.8) is 0 Å². The number of hydrogen-bond acceptors (Lipinski definition) is 6. The normalized spacial score (nSPS) is 11.7. The molecule has 1 atom stereocenters. The number of esters is 1. The van der Waals surface area contributed by atoms with Crippen molar-refractivity contribution in [2.75, 3.05) is 0 Å². The zero-order valence-corrected chi connectivity index (χ0v) is 15.8. The molecule has 2 rings (SSSR count). The van der Waals surface area contributed by atoms with Crippen LogP contribution in [0.25, 0.3) is 0 Å². The van der Waals surface area contributed by atoms with E-state index in [1.165, 1.54) is 25.5 Å². The van der Waals surface area contributed by atoms with Crippen LogP contribution in [0.5, 0.6) is 0 Å². The Bertz CT molecular complexity index is 880. The summed E-state index contributed by atoms with van der Waals surface area (Å²) in [5.74, 6) is -1.21. The minimum Gasteiger partial charge on any atom is -0.451 e. The van der Waals surface area contributed by atoms with Crippen molar-refractivity contribution < 1.29 is 19.2 Å². The van der Waals surface area contributed by atoms with Gasteiger partial charge in [-0.2, -0.15) is 5.10 Å². The number of hydrogen-bond donors (Lipinski definition) is 1. The number of ether oxygens (including phenoxy) is 1. The molecule has 0 unspecified atom stereocenters. The summed E-state index contributed by atoms with van der Waals surface area (Å²) in [5.41, 5.74) is 1.04. The molecular formula is C17H19ClN4O5. The highest BCUT2D eigenvalue weighted by Crippen LogP contribution is 2.21. The van der Waals surface area contributed by atoms with E-state index in [9.17, 15) is 19.7 Å². The summed E-state index contributed by atoms with van der Waals surface area (Å²) < 4.78 is 6.27. The summed E-state index contributed by atoms with van der Waals surface area (Å²) in [6.07, 6.45) is -1.04. The monoisotopic (exact) mass is 394 g/mol. The summed E-state index contributed by atoms with van der Waals surface area (Å²) in [6.45, 7) is 4.28. The molecule has 0 bridgehead atoms. The molecule has 144 valence electrons. The zero-order valence-electron chi connectivity index (χ0n) is 15.1. The summed E-state index contributed by atoms with van der Waals surface area (Å²) >= 11 is 6.02. The van der Waals surface area contributed by atoms with Gasteiger partial charge in [0.2, 0.25) is 0 Å². The quantitative estimate of drug-likeness (QED) is 0.437. The van der Waals surface area contributed by atoms with Crippen LogP contribution in [0, 0.1) is 24.0 Å². The van der Waals surface area contributed by atoms with Crippen LogP contribution in [0.2, 0.25) is 5.02 Å². The van der Waals surface area contributed by atoms with E-state index in [-0.39, 0.29) is 30.2 Å². The largest absolute Gasteiger partial charge is 0.451 e. The molecule has 27 heavy (non-hydrogen) atoms. The fourth-order valence-corrected chi connectivity index (χ4v) is 2.69. The van der Waals surface area contributed by atoms with Gasteiger partial charge in [-0.1, -0.05) is 29.8 Å². The number of amides is 1. The van der Waals surface area contributed by atoms with E-state index >= 15 is 0 Å². The lowest BCUT2D eigenvalue weighted by Gasteiger charge is -2.14. The molecule has 0 aliphatic rings. The van der Waals surface area contributed by atoms with Crippen molar-refractivity contribution in [3.05, 3.63) is 56.4 Å². The number of nitrogens with zero attached hydrogens (tertiary/aromatic N) is 3. The van der Waals surface area contributed by atoms with E-state index in [0.29, 0.717) is 5.02 Å². The molecule has 0 spiro atoms. The van der Waals surface area contributed by atoms with Crippen LogP contribution in [-0.2, 0) is 27.4 Å². The van der Waals surface area contributed by atoms with Crippen molar-refractivity contribution in [1.82, 2.24) is 15.1 Å². The number of aromatic nitrogens is 2. The number of carbonyl (C=O) groups excluding carboxylic acids is 2. The second-order valence-electron chi connectivity index (χ2n) is 5.88. The van der Waals surface area contributed by atoms with Gasteiger partial charge in [-0.3, -0.25) is 24.4 Å². The topological polar surface area (TPSA) is 116 Å². The van der Waals surface area contributed by atoms with Gasteiger partial charge in [-0.15, -0.1) is 0 Å². The predicted molar refractivity (Wildman–Crippen MR) is 97.2 cm³/mol. The van der Waals surface area contributed by atoms with E-state index in [0.717, 1.165) is 5.56 Å². The predicted octanol–water partition coefficient (Wildman–Crippen LogP) is 2.31. The maximum Gasteiger partial charge on any atom is 0.328 e. The Morgan fingerprint density at radius 3 is 2.63 bits per heavy atom. The fraction of sp³-hybridized carbons (Fsp3) is 0.353. The highest BCUT2D eigenvalue weighted by atomic mass is 35.5. The van der Waals surface area contributed by atoms with Crippen molar-refractivity contribution in [2.24, 2.45) is 0 Å². The molecule has 9 nitrogen and oxygen atoms in total. The van der Waals surface area contributed by atoms with E-state index in [2.05, 4.69) is 10.4 Å². The van der Waals surface area contributed by atoms with Gasteiger partial charge in [-0.05, 0) is 32.4 Å². The first kappa shape index (κ1) is 20.4. The van der Waals surface area contributed by atoms with Crippen LogP contribution in [0.1, 0.15) is 23.9 Å². The second-order valence-corrected chi connectivity index (χ2v) is 6.28. The Kier molecular flexibility index (Phi) is 6.51. The Morgan fingerprint density at radius 2 is 2.04 bits per heavy atom. The Morgan fingerprint density at radius 1 is 1.37 bits per heavy atom. The Hall–Kier alpha value is -2.94. The first-order chi connectivity index (χ1) is 12.7. The molecule has 1 N–H and O–H groups in total. The lowest BCUT2D eigenvalue weighted by molar-refractivity contribution is -0.386.